The minimum Gasteiger partial charge on any atom is -0.478 e. The molecule has 1 aromatic rings. The molecule has 0 saturated carbocycles. The summed E-state index contributed by atoms with van der Waals surface area (Å²) in [5.41, 5.74) is 0.522. The molecule has 0 amide bonds. The van der Waals surface area contributed by atoms with Crippen LogP contribution in [0.2, 0.25) is 0 Å². The van der Waals surface area contributed by atoms with E-state index in [4.69, 9.17) is 9.84 Å². The Bertz CT molecular complexity index is 582. The average molecular weight is 301 g/mol. The molecule has 112 valence electrons. The van der Waals surface area contributed by atoms with Crippen molar-refractivity contribution in [3.63, 3.8) is 0 Å². The van der Waals surface area contributed by atoms with Crippen molar-refractivity contribution < 1.29 is 23.1 Å². The van der Waals surface area contributed by atoms with E-state index in [2.05, 4.69) is 4.72 Å². The summed E-state index contributed by atoms with van der Waals surface area (Å²) in [6.45, 7) is 3.72. The molecule has 0 aliphatic heterocycles. The zero-order chi connectivity index (χ0) is 15.3. The molecule has 1 atom stereocenters. The number of carboxylic acid groups (broad SMARTS) is 1. The lowest BCUT2D eigenvalue weighted by Gasteiger charge is -2.15. The van der Waals surface area contributed by atoms with Gasteiger partial charge in [0.15, 0.2) is 0 Å². The molecule has 0 aliphatic rings. The van der Waals surface area contributed by atoms with Crippen molar-refractivity contribution in [2.24, 2.45) is 0 Å². The lowest BCUT2D eigenvalue weighted by molar-refractivity contribution is 0.0696. The van der Waals surface area contributed by atoms with Crippen molar-refractivity contribution >= 4 is 16.0 Å². The zero-order valence-electron chi connectivity index (χ0n) is 11.7. The second kappa shape index (κ2) is 6.83. The fourth-order valence-electron chi connectivity index (χ4n) is 1.84. The van der Waals surface area contributed by atoms with Gasteiger partial charge in [0.25, 0.3) is 0 Å². The molecule has 1 aromatic carbocycles. The van der Waals surface area contributed by atoms with Gasteiger partial charge in [0.2, 0.25) is 10.0 Å². The molecule has 0 spiro atoms. The predicted molar refractivity (Wildman–Crippen MR) is 74.4 cm³/mol. The lowest BCUT2D eigenvalue weighted by atomic mass is 10.1. The summed E-state index contributed by atoms with van der Waals surface area (Å²) in [5, 5.41) is 8.97. The van der Waals surface area contributed by atoms with Crippen LogP contribution >= 0.6 is 0 Å². The molecule has 6 nitrogen and oxygen atoms in total. The number of nitrogens with one attached hydrogen (secondary N) is 1. The highest BCUT2D eigenvalue weighted by Gasteiger charge is 2.22. The molecule has 0 fully saturated rings. The summed E-state index contributed by atoms with van der Waals surface area (Å²) in [6, 6.07) is 3.71. The maximum absolute atomic E-state index is 12.3. The maximum Gasteiger partial charge on any atom is 0.335 e. The van der Waals surface area contributed by atoms with Gasteiger partial charge in [-0.1, -0.05) is 13.0 Å². The third-order valence-electron chi connectivity index (χ3n) is 2.76. The number of rotatable bonds is 7. The second-order valence-electron chi connectivity index (χ2n) is 4.46. The largest absolute Gasteiger partial charge is 0.478 e. The molecule has 1 unspecified atom stereocenters. The highest BCUT2D eigenvalue weighted by molar-refractivity contribution is 7.89. The first-order valence-corrected chi connectivity index (χ1v) is 7.67. The Morgan fingerprint density at radius 1 is 1.45 bits per heavy atom. The minimum absolute atomic E-state index is 0.00264. The quantitative estimate of drug-likeness (QED) is 0.791. The van der Waals surface area contributed by atoms with Crippen molar-refractivity contribution in [3.8, 4) is 0 Å². The van der Waals surface area contributed by atoms with Gasteiger partial charge in [0, 0.05) is 13.2 Å². The number of hydrogen-bond donors (Lipinski definition) is 2. The third-order valence-corrected chi connectivity index (χ3v) is 4.43. The van der Waals surface area contributed by atoms with Gasteiger partial charge >= 0.3 is 5.97 Å². The SMILES string of the molecule is CCc1ccc(C(=O)O)cc1S(=O)(=O)NC(C)COC. The molecular weight excluding hydrogens is 282 g/mol. The number of aryl methyl sites for hydroxylation is 1. The van der Waals surface area contributed by atoms with Crippen LogP contribution in [0.5, 0.6) is 0 Å². The Labute approximate surface area is 118 Å². The van der Waals surface area contributed by atoms with Crippen LogP contribution in [0.4, 0.5) is 0 Å². The van der Waals surface area contributed by atoms with Crippen LogP contribution in [0.3, 0.4) is 0 Å². The van der Waals surface area contributed by atoms with Gasteiger partial charge in [-0.25, -0.2) is 17.9 Å². The summed E-state index contributed by atoms with van der Waals surface area (Å²) in [4.78, 5) is 11.0. The molecule has 0 aromatic heterocycles. The van der Waals surface area contributed by atoms with Gasteiger partial charge in [-0.15, -0.1) is 0 Å². The molecule has 0 heterocycles. The monoisotopic (exact) mass is 301 g/mol. The van der Waals surface area contributed by atoms with Crippen LogP contribution in [-0.2, 0) is 21.2 Å². The van der Waals surface area contributed by atoms with Crippen LogP contribution in [0, 0.1) is 0 Å². The van der Waals surface area contributed by atoms with Crippen LogP contribution in [0.1, 0.15) is 29.8 Å². The van der Waals surface area contributed by atoms with Crippen LogP contribution in [-0.4, -0.2) is 39.3 Å². The summed E-state index contributed by atoms with van der Waals surface area (Å²) < 4.78 is 32.0. The number of hydrogen-bond acceptors (Lipinski definition) is 4. The molecule has 20 heavy (non-hydrogen) atoms. The highest BCUT2D eigenvalue weighted by Crippen LogP contribution is 2.19. The van der Waals surface area contributed by atoms with E-state index in [-0.39, 0.29) is 17.1 Å². The summed E-state index contributed by atoms with van der Waals surface area (Å²) >= 11 is 0. The topological polar surface area (TPSA) is 92.7 Å². The predicted octanol–water partition coefficient (Wildman–Crippen LogP) is 1.26. The number of ether oxygens (including phenoxy) is 1. The Kier molecular flexibility index (Phi) is 5.67. The van der Waals surface area contributed by atoms with Crippen LogP contribution in [0.25, 0.3) is 0 Å². The van der Waals surface area contributed by atoms with E-state index in [1.807, 2.05) is 6.92 Å². The van der Waals surface area contributed by atoms with Gasteiger partial charge in [0.05, 0.1) is 17.1 Å². The molecule has 2 N–H and O–H groups in total. The molecular formula is C13H19NO5S. The molecule has 0 saturated heterocycles. The average Bonchev–Trinajstić information content (AvgIpc) is 2.37. The van der Waals surface area contributed by atoms with Crippen molar-refractivity contribution in [1.29, 1.82) is 0 Å². The first-order valence-electron chi connectivity index (χ1n) is 6.19. The number of aromatic carboxylic acids is 1. The Morgan fingerprint density at radius 2 is 2.10 bits per heavy atom. The van der Waals surface area contributed by atoms with E-state index >= 15 is 0 Å². The minimum atomic E-state index is -3.77. The van der Waals surface area contributed by atoms with E-state index in [0.29, 0.717) is 12.0 Å². The first kappa shape index (κ1) is 16.6. The van der Waals surface area contributed by atoms with Gasteiger partial charge in [-0.3, -0.25) is 0 Å². The molecule has 1 rings (SSSR count). The van der Waals surface area contributed by atoms with Crippen molar-refractivity contribution in [3.05, 3.63) is 29.3 Å². The Balaban J connectivity index is 3.21. The number of carboxylic acids is 1. The number of methoxy groups -OCH3 is 1. The lowest BCUT2D eigenvalue weighted by Crippen LogP contribution is -2.36. The molecule has 0 aliphatic carbocycles. The number of carbonyl (C=O) groups is 1. The zero-order valence-corrected chi connectivity index (χ0v) is 12.5. The maximum atomic E-state index is 12.3. The molecule has 0 bridgehead atoms. The first-order chi connectivity index (χ1) is 9.31. The van der Waals surface area contributed by atoms with E-state index in [1.54, 1.807) is 6.92 Å². The second-order valence-corrected chi connectivity index (χ2v) is 6.14. The van der Waals surface area contributed by atoms with Crippen LogP contribution in [0.15, 0.2) is 23.1 Å². The summed E-state index contributed by atoms with van der Waals surface area (Å²) in [6.07, 6.45) is 0.495. The molecule has 7 heteroatoms. The van der Waals surface area contributed by atoms with Crippen LogP contribution < -0.4 is 4.72 Å². The van der Waals surface area contributed by atoms with Gasteiger partial charge in [0.1, 0.15) is 0 Å². The van der Waals surface area contributed by atoms with Crippen molar-refractivity contribution in [2.45, 2.75) is 31.2 Å². The standard InChI is InChI=1S/C13H19NO5S/c1-4-10-5-6-11(13(15)16)7-12(10)20(17,18)14-9(2)8-19-3/h5-7,9,14H,4,8H2,1-3H3,(H,15,16). The fraction of sp³-hybridized carbons (Fsp3) is 0.462. The van der Waals surface area contributed by atoms with E-state index in [9.17, 15) is 13.2 Å². The Morgan fingerprint density at radius 3 is 2.60 bits per heavy atom. The van der Waals surface area contributed by atoms with Crippen molar-refractivity contribution in [1.82, 2.24) is 4.72 Å². The van der Waals surface area contributed by atoms with E-state index in [1.165, 1.54) is 25.3 Å². The fourth-order valence-corrected chi connectivity index (χ4v) is 3.41. The summed E-state index contributed by atoms with van der Waals surface area (Å²) in [5.74, 6) is -1.16. The smallest absolute Gasteiger partial charge is 0.335 e. The number of sulfonamides is 1. The normalized spacial score (nSPS) is 13.2. The number of benzene rings is 1. The van der Waals surface area contributed by atoms with Gasteiger partial charge in [-0.05, 0) is 31.0 Å². The highest BCUT2D eigenvalue weighted by atomic mass is 32.2. The molecule has 0 radical (unpaired) electrons. The summed E-state index contributed by atoms with van der Waals surface area (Å²) in [7, 11) is -2.29. The Hall–Kier alpha value is -1.44. The van der Waals surface area contributed by atoms with Crippen molar-refractivity contribution in [2.75, 3.05) is 13.7 Å². The van der Waals surface area contributed by atoms with E-state index in [0.717, 1.165) is 0 Å². The van der Waals surface area contributed by atoms with E-state index < -0.39 is 22.0 Å². The van der Waals surface area contributed by atoms with Gasteiger partial charge < -0.3 is 9.84 Å². The van der Waals surface area contributed by atoms with Gasteiger partial charge in [-0.2, -0.15) is 0 Å². The third kappa shape index (κ3) is 4.03.